The number of fused-ring (bicyclic) bond motifs is 1. The van der Waals surface area contributed by atoms with Crippen molar-refractivity contribution in [2.75, 3.05) is 12.4 Å². The molecule has 22 heavy (non-hydrogen) atoms. The number of carbonyl (C=O) groups is 1. The van der Waals surface area contributed by atoms with E-state index in [0.29, 0.717) is 12.4 Å². The fraction of sp³-hybridized carbons (Fsp3) is 0.188. The molecule has 112 valence electrons. The molecule has 6 heteroatoms. The van der Waals surface area contributed by atoms with Crippen LogP contribution in [0, 0.1) is 6.92 Å². The summed E-state index contributed by atoms with van der Waals surface area (Å²) in [5.74, 6) is 0.945. The number of nitrogens with one attached hydrogen (secondary N) is 1. The molecule has 0 atom stereocenters. The molecule has 3 aromatic rings. The summed E-state index contributed by atoms with van der Waals surface area (Å²) in [6.07, 6.45) is 0. The average Bonchev–Trinajstić information content (AvgIpc) is 2.88. The minimum Gasteiger partial charge on any atom is -0.464 e. The number of ether oxygens (including phenoxy) is 1. The minimum absolute atomic E-state index is 0.179. The Bertz CT molecular complexity index is 809. The summed E-state index contributed by atoms with van der Waals surface area (Å²) >= 11 is 0. The maximum absolute atomic E-state index is 11.3. The molecule has 0 spiro atoms. The summed E-state index contributed by atoms with van der Waals surface area (Å²) in [4.78, 5) is 11.3. The molecular formula is C16H15N3O3. The number of furan rings is 1. The SMILES string of the molecule is COC(=O)c1ccc(NCc2c(C)oc3ccccc23)nn1. The number of methoxy groups -OCH3 is 1. The van der Waals surface area contributed by atoms with Gasteiger partial charge in [-0.1, -0.05) is 18.2 Å². The first-order valence-electron chi connectivity index (χ1n) is 6.82. The van der Waals surface area contributed by atoms with E-state index in [1.54, 1.807) is 12.1 Å². The molecule has 6 nitrogen and oxygen atoms in total. The lowest BCUT2D eigenvalue weighted by molar-refractivity contribution is 0.0593. The van der Waals surface area contributed by atoms with Crippen LogP contribution < -0.4 is 5.32 Å². The Hall–Kier alpha value is -2.89. The second-order valence-electron chi connectivity index (χ2n) is 4.78. The molecule has 0 aliphatic rings. The highest BCUT2D eigenvalue weighted by molar-refractivity contribution is 5.87. The molecule has 1 N–H and O–H groups in total. The molecule has 0 aliphatic heterocycles. The van der Waals surface area contributed by atoms with Gasteiger partial charge in [0.2, 0.25) is 0 Å². The molecule has 2 heterocycles. The first kappa shape index (κ1) is 14.1. The maximum atomic E-state index is 11.3. The Morgan fingerprint density at radius 3 is 2.77 bits per heavy atom. The summed E-state index contributed by atoms with van der Waals surface area (Å²) in [6, 6.07) is 11.1. The molecule has 3 rings (SSSR count). The minimum atomic E-state index is -0.504. The highest BCUT2D eigenvalue weighted by Crippen LogP contribution is 2.25. The van der Waals surface area contributed by atoms with Crippen molar-refractivity contribution < 1.29 is 13.9 Å². The topological polar surface area (TPSA) is 77.2 Å². The number of esters is 1. The second-order valence-corrected chi connectivity index (χ2v) is 4.78. The molecule has 0 aliphatic carbocycles. The van der Waals surface area contributed by atoms with Gasteiger partial charge in [-0.05, 0) is 25.1 Å². The van der Waals surface area contributed by atoms with Crippen molar-refractivity contribution in [3.05, 3.63) is 53.4 Å². The largest absolute Gasteiger partial charge is 0.464 e. The van der Waals surface area contributed by atoms with Crippen LogP contribution in [-0.4, -0.2) is 23.3 Å². The standard InChI is InChI=1S/C16H15N3O3/c1-10-12(11-5-3-4-6-14(11)22-10)9-17-15-8-7-13(18-19-15)16(20)21-2/h3-8H,9H2,1-2H3,(H,17,19). The summed E-state index contributed by atoms with van der Waals surface area (Å²) in [7, 11) is 1.31. The number of aromatic nitrogens is 2. The zero-order chi connectivity index (χ0) is 15.5. The van der Waals surface area contributed by atoms with Gasteiger partial charge in [-0.3, -0.25) is 0 Å². The van der Waals surface area contributed by atoms with Gasteiger partial charge in [-0.25, -0.2) is 4.79 Å². The van der Waals surface area contributed by atoms with E-state index in [2.05, 4.69) is 20.3 Å². The van der Waals surface area contributed by atoms with E-state index in [9.17, 15) is 4.79 Å². The average molecular weight is 297 g/mol. The molecule has 0 saturated carbocycles. The zero-order valence-corrected chi connectivity index (χ0v) is 12.3. The van der Waals surface area contributed by atoms with E-state index in [-0.39, 0.29) is 5.69 Å². The van der Waals surface area contributed by atoms with Crippen LogP contribution in [0.4, 0.5) is 5.82 Å². The molecule has 0 saturated heterocycles. The number of rotatable bonds is 4. The zero-order valence-electron chi connectivity index (χ0n) is 12.3. The molecule has 0 amide bonds. The van der Waals surface area contributed by atoms with Gasteiger partial charge in [0.15, 0.2) is 5.69 Å². The van der Waals surface area contributed by atoms with Gasteiger partial charge in [0.1, 0.15) is 17.2 Å². The molecule has 2 aromatic heterocycles. The third-order valence-electron chi connectivity index (χ3n) is 3.41. The van der Waals surface area contributed by atoms with E-state index in [0.717, 1.165) is 22.3 Å². The van der Waals surface area contributed by atoms with Crippen LogP contribution in [0.2, 0.25) is 0 Å². The Balaban J connectivity index is 1.77. The van der Waals surface area contributed by atoms with E-state index >= 15 is 0 Å². The molecule has 0 radical (unpaired) electrons. The number of hydrogen-bond donors (Lipinski definition) is 1. The quantitative estimate of drug-likeness (QED) is 0.746. The number of aryl methyl sites for hydroxylation is 1. The smallest absolute Gasteiger partial charge is 0.358 e. The van der Waals surface area contributed by atoms with E-state index in [1.165, 1.54) is 7.11 Å². The summed E-state index contributed by atoms with van der Waals surface area (Å²) in [5, 5.41) is 12.0. The summed E-state index contributed by atoms with van der Waals surface area (Å²) in [5.41, 5.74) is 2.12. The Morgan fingerprint density at radius 1 is 1.23 bits per heavy atom. The molecule has 0 bridgehead atoms. The fourth-order valence-corrected chi connectivity index (χ4v) is 2.26. The van der Waals surface area contributed by atoms with Crippen molar-refractivity contribution in [2.45, 2.75) is 13.5 Å². The van der Waals surface area contributed by atoms with E-state index in [1.807, 2.05) is 31.2 Å². The van der Waals surface area contributed by atoms with Crippen LogP contribution in [0.1, 0.15) is 21.8 Å². The molecular weight excluding hydrogens is 282 g/mol. The molecule has 1 aromatic carbocycles. The third kappa shape index (κ3) is 2.63. The number of nitrogens with zero attached hydrogens (tertiary/aromatic N) is 2. The van der Waals surface area contributed by atoms with Gasteiger partial charge in [-0.2, -0.15) is 0 Å². The molecule has 0 unspecified atom stereocenters. The van der Waals surface area contributed by atoms with Crippen LogP contribution in [0.5, 0.6) is 0 Å². The van der Waals surface area contributed by atoms with Crippen molar-refractivity contribution >= 4 is 22.8 Å². The van der Waals surface area contributed by atoms with Gasteiger partial charge in [0.05, 0.1) is 7.11 Å². The van der Waals surface area contributed by atoms with Crippen molar-refractivity contribution in [1.29, 1.82) is 0 Å². The van der Waals surface area contributed by atoms with Gasteiger partial charge in [-0.15, -0.1) is 10.2 Å². The highest BCUT2D eigenvalue weighted by atomic mass is 16.5. The maximum Gasteiger partial charge on any atom is 0.358 e. The summed E-state index contributed by atoms with van der Waals surface area (Å²) in [6.45, 7) is 2.50. The Morgan fingerprint density at radius 2 is 2.05 bits per heavy atom. The Kier molecular flexibility index (Phi) is 3.74. The number of anilines is 1. The van der Waals surface area contributed by atoms with Crippen molar-refractivity contribution in [1.82, 2.24) is 10.2 Å². The summed E-state index contributed by atoms with van der Waals surface area (Å²) < 4.78 is 10.3. The van der Waals surface area contributed by atoms with Gasteiger partial charge in [0.25, 0.3) is 0 Å². The lowest BCUT2D eigenvalue weighted by Crippen LogP contribution is -2.08. The highest BCUT2D eigenvalue weighted by Gasteiger charge is 2.11. The van der Waals surface area contributed by atoms with Crippen LogP contribution in [0.25, 0.3) is 11.0 Å². The number of para-hydroxylation sites is 1. The van der Waals surface area contributed by atoms with E-state index < -0.39 is 5.97 Å². The Labute approximate surface area is 127 Å². The van der Waals surface area contributed by atoms with Gasteiger partial charge in [0, 0.05) is 17.5 Å². The lowest BCUT2D eigenvalue weighted by Gasteiger charge is -2.05. The normalized spacial score (nSPS) is 10.6. The van der Waals surface area contributed by atoms with E-state index in [4.69, 9.17) is 4.42 Å². The van der Waals surface area contributed by atoms with Crippen molar-refractivity contribution in [2.24, 2.45) is 0 Å². The molecule has 0 fully saturated rings. The third-order valence-corrected chi connectivity index (χ3v) is 3.41. The lowest BCUT2D eigenvalue weighted by atomic mass is 10.1. The number of hydrogen-bond acceptors (Lipinski definition) is 6. The van der Waals surface area contributed by atoms with Crippen molar-refractivity contribution in [3.63, 3.8) is 0 Å². The second kappa shape index (κ2) is 5.85. The van der Waals surface area contributed by atoms with Gasteiger partial charge >= 0.3 is 5.97 Å². The first-order chi connectivity index (χ1) is 10.7. The number of carbonyl (C=O) groups excluding carboxylic acids is 1. The van der Waals surface area contributed by atoms with Crippen LogP contribution in [0.3, 0.4) is 0 Å². The van der Waals surface area contributed by atoms with Crippen molar-refractivity contribution in [3.8, 4) is 0 Å². The van der Waals surface area contributed by atoms with Crippen LogP contribution in [0.15, 0.2) is 40.8 Å². The monoisotopic (exact) mass is 297 g/mol. The predicted molar refractivity (Wildman–Crippen MR) is 81.6 cm³/mol. The van der Waals surface area contributed by atoms with Gasteiger partial charge < -0.3 is 14.5 Å². The number of benzene rings is 1. The fourth-order valence-electron chi connectivity index (χ4n) is 2.26. The first-order valence-corrected chi connectivity index (χ1v) is 6.82. The van der Waals surface area contributed by atoms with Crippen LogP contribution >= 0.6 is 0 Å². The van der Waals surface area contributed by atoms with Crippen LogP contribution in [-0.2, 0) is 11.3 Å². The predicted octanol–water partition coefficient (Wildman–Crippen LogP) is 2.93.